The van der Waals surface area contributed by atoms with Gasteiger partial charge < -0.3 is 15.4 Å². The van der Waals surface area contributed by atoms with Crippen LogP contribution in [-0.4, -0.2) is 30.6 Å². The van der Waals surface area contributed by atoms with Gasteiger partial charge in [0.05, 0.1) is 5.69 Å². The van der Waals surface area contributed by atoms with E-state index < -0.39 is 6.61 Å². The monoisotopic (exact) mass is 367 g/mol. The molecule has 1 aromatic carbocycles. The number of thiazole rings is 1. The molecule has 25 heavy (non-hydrogen) atoms. The zero-order chi connectivity index (χ0) is 18.0. The van der Waals surface area contributed by atoms with E-state index in [1.165, 1.54) is 23.5 Å². The number of aromatic nitrogens is 1. The molecule has 2 aromatic rings. The van der Waals surface area contributed by atoms with Crippen molar-refractivity contribution in [2.45, 2.75) is 20.5 Å². The van der Waals surface area contributed by atoms with Gasteiger partial charge in [-0.05, 0) is 50.2 Å². The minimum atomic E-state index is -2.85. The van der Waals surface area contributed by atoms with E-state index in [1.807, 2.05) is 13.8 Å². The number of nitrogens with zero attached hydrogens (tertiary/aromatic N) is 1. The Hall–Kier alpha value is -2.06. The van der Waals surface area contributed by atoms with Crippen LogP contribution in [0.25, 0.3) is 11.3 Å². The Bertz CT molecular complexity index is 745. The molecule has 8 heteroatoms. The fourth-order valence-electron chi connectivity index (χ4n) is 2.61. The molecule has 0 aliphatic carbocycles. The van der Waals surface area contributed by atoms with Crippen molar-refractivity contribution in [3.05, 3.63) is 29.1 Å². The van der Waals surface area contributed by atoms with Gasteiger partial charge in [0.2, 0.25) is 5.91 Å². The summed E-state index contributed by atoms with van der Waals surface area (Å²) >= 11 is 1.40. The number of ether oxygens (including phenoxy) is 1. The van der Waals surface area contributed by atoms with E-state index in [-0.39, 0.29) is 17.6 Å². The summed E-state index contributed by atoms with van der Waals surface area (Å²) in [4.78, 5) is 17.7. The van der Waals surface area contributed by atoms with E-state index in [2.05, 4.69) is 20.4 Å². The Morgan fingerprint density at radius 2 is 2.04 bits per heavy atom. The van der Waals surface area contributed by atoms with Gasteiger partial charge in [-0.25, -0.2) is 4.98 Å². The highest BCUT2D eigenvalue weighted by atomic mass is 32.1. The highest BCUT2D eigenvalue weighted by molar-refractivity contribution is 7.16. The summed E-state index contributed by atoms with van der Waals surface area (Å²) in [7, 11) is 0. The second kappa shape index (κ2) is 7.45. The third kappa shape index (κ3) is 4.13. The number of hydrogen-bond donors (Lipinski definition) is 2. The highest BCUT2D eigenvalue weighted by Gasteiger charge is 2.29. The van der Waals surface area contributed by atoms with Crippen molar-refractivity contribution in [3.63, 3.8) is 0 Å². The molecule has 0 saturated carbocycles. The number of anilines is 1. The van der Waals surface area contributed by atoms with E-state index in [0.717, 1.165) is 29.2 Å². The van der Waals surface area contributed by atoms with E-state index in [9.17, 15) is 13.6 Å². The average molecular weight is 367 g/mol. The first-order valence-electron chi connectivity index (χ1n) is 7.98. The molecular formula is C17H19F2N3O2S. The first-order chi connectivity index (χ1) is 11.9. The third-order valence-corrected chi connectivity index (χ3v) is 5.20. The van der Waals surface area contributed by atoms with Crippen LogP contribution >= 0.6 is 11.3 Å². The Labute approximate surface area is 148 Å². The summed E-state index contributed by atoms with van der Waals surface area (Å²) in [6, 6.07) is 6.30. The summed E-state index contributed by atoms with van der Waals surface area (Å²) in [5.74, 6) is 0.359. The summed E-state index contributed by atoms with van der Waals surface area (Å²) in [5.41, 5.74) is 1.51. The molecule has 0 spiro atoms. The summed E-state index contributed by atoms with van der Waals surface area (Å²) in [5, 5.41) is 6.58. The zero-order valence-electron chi connectivity index (χ0n) is 13.9. The molecule has 1 fully saturated rings. The van der Waals surface area contributed by atoms with Crippen LogP contribution in [0.15, 0.2) is 24.3 Å². The predicted molar refractivity (Wildman–Crippen MR) is 93.1 cm³/mol. The van der Waals surface area contributed by atoms with Gasteiger partial charge in [0.1, 0.15) is 5.75 Å². The van der Waals surface area contributed by atoms with Crippen molar-refractivity contribution in [2.24, 2.45) is 11.8 Å². The molecule has 1 saturated heterocycles. The van der Waals surface area contributed by atoms with Crippen LogP contribution in [0.1, 0.15) is 11.8 Å². The lowest BCUT2D eigenvalue weighted by Crippen LogP contribution is -2.48. The number of hydrogen-bond acceptors (Lipinski definition) is 5. The summed E-state index contributed by atoms with van der Waals surface area (Å²) in [6.45, 7) is 2.71. The van der Waals surface area contributed by atoms with Crippen molar-refractivity contribution >= 4 is 22.4 Å². The molecule has 3 rings (SSSR count). The molecule has 1 aliphatic heterocycles. The molecule has 1 aromatic heterocycles. The summed E-state index contributed by atoms with van der Waals surface area (Å²) < 4.78 is 28.8. The molecule has 1 aliphatic rings. The smallest absolute Gasteiger partial charge is 0.387 e. The molecule has 0 radical (unpaired) electrons. The van der Waals surface area contributed by atoms with Crippen LogP contribution in [0.2, 0.25) is 0 Å². The highest BCUT2D eigenvalue weighted by Crippen LogP contribution is 2.32. The number of nitrogens with one attached hydrogen (secondary N) is 2. The van der Waals surface area contributed by atoms with Gasteiger partial charge in [-0.1, -0.05) is 6.92 Å². The fraction of sp³-hybridized carbons (Fsp3) is 0.412. The minimum absolute atomic E-state index is 0.0347. The SMILES string of the molecule is Cc1sc(NC(=O)C(C)C2CNC2)nc1-c1ccc(OC(F)F)cc1. The molecule has 1 amide bonds. The number of carbonyl (C=O) groups is 1. The van der Waals surface area contributed by atoms with E-state index >= 15 is 0 Å². The van der Waals surface area contributed by atoms with Gasteiger partial charge in [-0.15, -0.1) is 11.3 Å². The third-order valence-electron chi connectivity index (χ3n) is 4.31. The number of amides is 1. The Morgan fingerprint density at radius 3 is 2.60 bits per heavy atom. The molecule has 1 unspecified atom stereocenters. The number of alkyl halides is 2. The van der Waals surface area contributed by atoms with Gasteiger partial charge in [0.15, 0.2) is 5.13 Å². The Morgan fingerprint density at radius 1 is 1.36 bits per heavy atom. The lowest BCUT2D eigenvalue weighted by molar-refractivity contribution is -0.121. The van der Waals surface area contributed by atoms with Crippen LogP contribution in [-0.2, 0) is 4.79 Å². The van der Waals surface area contributed by atoms with Gasteiger partial charge in [-0.2, -0.15) is 8.78 Å². The van der Waals surface area contributed by atoms with Crippen LogP contribution < -0.4 is 15.4 Å². The molecule has 0 bridgehead atoms. The van der Waals surface area contributed by atoms with Crippen molar-refractivity contribution in [1.29, 1.82) is 0 Å². The fourth-order valence-corrected chi connectivity index (χ4v) is 3.45. The van der Waals surface area contributed by atoms with Crippen molar-refractivity contribution in [3.8, 4) is 17.0 Å². The normalized spacial score (nSPS) is 15.7. The minimum Gasteiger partial charge on any atom is -0.435 e. The molecule has 1 atom stereocenters. The van der Waals surface area contributed by atoms with Crippen LogP contribution in [0.4, 0.5) is 13.9 Å². The molecule has 5 nitrogen and oxygen atoms in total. The number of benzene rings is 1. The second-order valence-corrected chi connectivity index (χ2v) is 7.23. The van der Waals surface area contributed by atoms with E-state index in [1.54, 1.807) is 12.1 Å². The van der Waals surface area contributed by atoms with Gasteiger partial charge in [-0.3, -0.25) is 4.79 Å². The number of carbonyl (C=O) groups excluding carboxylic acids is 1. The number of halogens is 2. The Balaban J connectivity index is 1.70. The lowest BCUT2D eigenvalue weighted by atomic mass is 9.88. The predicted octanol–water partition coefficient (Wildman–Crippen LogP) is 3.51. The Kier molecular flexibility index (Phi) is 5.29. The maximum absolute atomic E-state index is 12.3. The van der Waals surface area contributed by atoms with Crippen LogP contribution in [0.5, 0.6) is 5.75 Å². The second-order valence-electron chi connectivity index (χ2n) is 6.02. The van der Waals surface area contributed by atoms with Gasteiger partial charge in [0, 0.05) is 16.4 Å². The van der Waals surface area contributed by atoms with E-state index in [4.69, 9.17) is 0 Å². The standard InChI is InChI=1S/C17H19F2N3O2S/c1-9(12-7-20-8-12)15(23)22-17-21-14(10(2)25-17)11-3-5-13(6-4-11)24-16(18)19/h3-6,9,12,16,20H,7-8H2,1-2H3,(H,21,22,23). The number of rotatable bonds is 6. The molecular weight excluding hydrogens is 348 g/mol. The van der Waals surface area contributed by atoms with E-state index in [0.29, 0.717) is 11.0 Å². The average Bonchev–Trinajstić information content (AvgIpc) is 2.86. The van der Waals surface area contributed by atoms with Crippen molar-refractivity contribution in [1.82, 2.24) is 10.3 Å². The van der Waals surface area contributed by atoms with Crippen LogP contribution in [0.3, 0.4) is 0 Å². The quantitative estimate of drug-likeness (QED) is 0.820. The van der Waals surface area contributed by atoms with Crippen molar-refractivity contribution < 1.29 is 18.3 Å². The van der Waals surface area contributed by atoms with Crippen LogP contribution in [0, 0.1) is 18.8 Å². The zero-order valence-corrected chi connectivity index (χ0v) is 14.7. The molecule has 134 valence electrons. The topological polar surface area (TPSA) is 63.2 Å². The van der Waals surface area contributed by atoms with Gasteiger partial charge >= 0.3 is 6.61 Å². The molecule has 2 N–H and O–H groups in total. The largest absolute Gasteiger partial charge is 0.435 e. The lowest BCUT2D eigenvalue weighted by Gasteiger charge is -2.31. The van der Waals surface area contributed by atoms with Gasteiger partial charge in [0.25, 0.3) is 0 Å². The summed E-state index contributed by atoms with van der Waals surface area (Å²) in [6.07, 6.45) is 0. The first kappa shape index (κ1) is 17.8. The molecule has 2 heterocycles. The maximum Gasteiger partial charge on any atom is 0.387 e. The maximum atomic E-state index is 12.3. The number of aryl methyl sites for hydroxylation is 1. The first-order valence-corrected chi connectivity index (χ1v) is 8.80. The van der Waals surface area contributed by atoms with Crippen molar-refractivity contribution in [2.75, 3.05) is 18.4 Å².